The summed E-state index contributed by atoms with van der Waals surface area (Å²) < 4.78 is 18.3. The highest BCUT2D eigenvalue weighted by molar-refractivity contribution is 5.89. The molecule has 0 saturated heterocycles. The lowest BCUT2D eigenvalue weighted by Gasteiger charge is -2.15. The highest BCUT2D eigenvalue weighted by Gasteiger charge is 2.11. The van der Waals surface area contributed by atoms with Gasteiger partial charge in [0.15, 0.2) is 6.61 Å². The summed E-state index contributed by atoms with van der Waals surface area (Å²) in [6.07, 6.45) is 2.41. The molecular weight excluding hydrogens is 333 g/mol. The van der Waals surface area contributed by atoms with Crippen LogP contribution in [0.1, 0.15) is 35.2 Å². The van der Waals surface area contributed by atoms with E-state index in [-0.39, 0.29) is 11.6 Å². The summed E-state index contributed by atoms with van der Waals surface area (Å²) in [5.41, 5.74) is 3.58. The van der Waals surface area contributed by atoms with Crippen molar-refractivity contribution in [2.45, 2.75) is 26.8 Å². The van der Waals surface area contributed by atoms with E-state index in [0.717, 1.165) is 17.2 Å². The Morgan fingerprint density at radius 3 is 2.58 bits per heavy atom. The van der Waals surface area contributed by atoms with E-state index in [0.29, 0.717) is 0 Å². The average Bonchev–Trinajstić information content (AvgIpc) is 2.61. The van der Waals surface area contributed by atoms with Gasteiger partial charge in [0, 0.05) is 11.6 Å². The number of carbonyl (C=O) groups is 2. The van der Waals surface area contributed by atoms with Gasteiger partial charge in [0.2, 0.25) is 0 Å². The number of nitrogens with one attached hydrogen (secondary N) is 1. The first kappa shape index (κ1) is 19.4. The number of halogens is 1. The molecule has 1 unspecified atom stereocenters. The first-order valence-electron chi connectivity index (χ1n) is 8.32. The summed E-state index contributed by atoms with van der Waals surface area (Å²) >= 11 is 0. The Hall–Kier alpha value is -2.95. The van der Waals surface area contributed by atoms with Crippen LogP contribution in [0.2, 0.25) is 0 Å². The number of amides is 1. The molecule has 0 aromatic heterocycles. The zero-order valence-electron chi connectivity index (χ0n) is 15.1. The summed E-state index contributed by atoms with van der Waals surface area (Å²) in [4.78, 5) is 23.6. The van der Waals surface area contributed by atoms with Gasteiger partial charge in [0.1, 0.15) is 5.82 Å². The highest BCUT2D eigenvalue weighted by Crippen LogP contribution is 2.16. The summed E-state index contributed by atoms with van der Waals surface area (Å²) in [5, 5.41) is 2.78. The fourth-order valence-electron chi connectivity index (χ4n) is 2.35. The molecular formula is C21H22FNO3. The smallest absolute Gasteiger partial charge is 0.331 e. The van der Waals surface area contributed by atoms with Gasteiger partial charge < -0.3 is 10.1 Å². The van der Waals surface area contributed by atoms with Gasteiger partial charge >= 0.3 is 5.97 Å². The lowest BCUT2D eigenvalue weighted by atomic mass is 10.0. The summed E-state index contributed by atoms with van der Waals surface area (Å²) in [5.74, 6) is -1.54. The predicted molar refractivity (Wildman–Crippen MR) is 98.9 cm³/mol. The van der Waals surface area contributed by atoms with Gasteiger partial charge in [-0.1, -0.05) is 36.4 Å². The molecule has 2 aromatic rings. The minimum absolute atomic E-state index is 0.200. The Kier molecular flexibility index (Phi) is 6.67. The van der Waals surface area contributed by atoms with Crippen molar-refractivity contribution >= 4 is 18.0 Å². The zero-order chi connectivity index (χ0) is 19.1. The zero-order valence-corrected chi connectivity index (χ0v) is 15.1. The van der Waals surface area contributed by atoms with Gasteiger partial charge in [0.25, 0.3) is 5.91 Å². The number of aryl methyl sites for hydroxylation is 2. The van der Waals surface area contributed by atoms with Gasteiger partial charge in [-0.25, -0.2) is 9.18 Å². The topological polar surface area (TPSA) is 55.4 Å². The second kappa shape index (κ2) is 8.94. The van der Waals surface area contributed by atoms with Crippen LogP contribution in [0.25, 0.3) is 6.08 Å². The molecule has 1 amide bonds. The third-order valence-corrected chi connectivity index (χ3v) is 4.06. The van der Waals surface area contributed by atoms with Gasteiger partial charge in [0.05, 0.1) is 6.04 Å². The molecule has 0 aliphatic rings. The van der Waals surface area contributed by atoms with E-state index in [1.54, 1.807) is 12.1 Å². The van der Waals surface area contributed by atoms with Crippen LogP contribution >= 0.6 is 0 Å². The number of esters is 1. The molecule has 0 saturated carbocycles. The molecule has 0 fully saturated rings. The highest BCUT2D eigenvalue weighted by atomic mass is 19.1. The van der Waals surface area contributed by atoms with Crippen molar-refractivity contribution in [1.29, 1.82) is 0 Å². The molecule has 0 heterocycles. The van der Waals surface area contributed by atoms with Crippen molar-refractivity contribution in [2.24, 2.45) is 0 Å². The lowest BCUT2D eigenvalue weighted by Crippen LogP contribution is -2.31. The maximum atomic E-state index is 13.4. The van der Waals surface area contributed by atoms with E-state index >= 15 is 0 Å². The maximum absolute atomic E-state index is 13.4. The number of ether oxygens (including phenoxy) is 1. The molecule has 0 aliphatic heterocycles. The largest absolute Gasteiger partial charge is 0.452 e. The van der Waals surface area contributed by atoms with E-state index in [2.05, 4.69) is 5.32 Å². The van der Waals surface area contributed by atoms with E-state index in [1.165, 1.54) is 23.8 Å². The Morgan fingerprint density at radius 2 is 1.88 bits per heavy atom. The fraction of sp³-hybridized carbons (Fsp3) is 0.238. The third kappa shape index (κ3) is 5.55. The molecule has 0 bridgehead atoms. The number of hydrogen-bond donors (Lipinski definition) is 1. The number of rotatable bonds is 6. The molecule has 136 valence electrons. The minimum atomic E-state index is -0.706. The van der Waals surface area contributed by atoms with Crippen LogP contribution in [0, 0.1) is 19.7 Å². The van der Waals surface area contributed by atoms with Crippen molar-refractivity contribution in [2.75, 3.05) is 6.61 Å². The number of carbonyl (C=O) groups excluding carboxylic acids is 2. The first-order chi connectivity index (χ1) is 12.4. The van der Waals surface area contributed by atoms with Gasteiger partial charge in [-0.15, -0.1) is 0 Å². The van der Waals surface area contributed by atoms with Crippen molar-refractivity contribution in [1.82, 2.24) is 5.32 Å². The SMILES string of the molecule is Cc1ccc(C(C)NC(=O)COC(=O)/C=C/c2ccccc2F)cc1C. The summed E-state index contributed by atoms with van der Waals surface area (Å²) in [7, 11) is 0. The molecule has 5 heteroatoms. The van der Waals surface area contributed by atoms with E-state index in [1.807, 2.05) is 39.0 Å². The van der Waals surface area contributed by atoms with E-state index in [9.17, 15) is 14.0 Å². The molecule has 0 radical (unpaired) electrons. The first-order valence-corrected chi connectivity index (χ1v) is 8.32. The standard InChI is InChI=1S/C21H22FNO3/c1-14-8-9-18(12-15(14)2)16(3)23-20(24)13-26-21(25)11-10-17-6-4-5-7-19(17)22/h4-12,16H,13H2,1-3H3,(H,23,24)/b11-10+. The third-order valence-electron chi connectivity index (χ3n) is 4.06. The van der Waals surface area contributed by atoms with Crippen LogP contribution < -0.4 is 5.32 Å². The fourth-order valence-corrected chi connectivity index (χ4v) is 2.35. The molecule has 0 spiro atoms. The molecule has 4 nitrogen and oxygen atoms in total. The van der Waals surface area contributed by atoms with Gasteiger partial charge in [-0.05, 0) is 49.6 Å². The monoisotopic (exact) mass is 355 g/mol. The Morgan fingerprint density at radius 1 is 1.15 bits per heavy atom. The molecule has 0 aliphatic carbocycles. The van der Waals surface area contributed by atoms with Gasteiger partial charge in [-0.2, -0.15) is 0 Å². The second-order valence-electron chi connectivity index (χ2n) is 6.10. The Labute approximate surface area is 152 Å². The van der Waals surface area contributed by atoms with E-state index in [4.69, 9.17) is 4.74 Å². The molecule has 26 heavy (non-hydrogen) atoms. The Balaban J connectivity index is 1.83. The van der Waals surface area contributed by atoms with Crippen LogP contribution in [-0.4, -0.2) is 18.5 Å². The quantitative estimate of drug-likeness (QED) is 0.632. The van der Waals surface area contributed by atoms with Gasteiger partial charge in [-0.3, -0.25) is 4.79 Å². The number of benzene rings is 2. The number of hydrogen-bond acceptors (Lipinski definition) is 3. The molecule has 1 N–H and O–H groups in total. The van der Waals surface area contributed by atoms with Crippen LogP contribution in [0.4, 0.5) is 4.39 Å². The van der Waals surface area contributed by atoms with Crippen LogP contribution in [0.15, 0.2) is 48.5 Å². The lowest BCUT2D eigenvalue weighted by molar-refractivity contribution is -0.144. The second-order valence-corrected chi connectivity index (χ2v) is 6.10. The summed E-state index contributed by atoms with van der Waals surface area (Å²) in [6, 6.07) is 11.8. The Bertz CT molecular complexity index is 830. The molecule has 2 rings (SSSR count). The van der Waals surface area contributed by atoms with Crippen molar-refractivity contribution in [3.63, 3.8) is 0 Å². The normalized spacial score (nSPS) is 12.0. The summed E-state index contributed by atoms with van der Waals surface area (Å²) in [6.45, 7) is 5.51. The molecule has 1 atom stereocenters. The minimum Gasteiger partial charge on any atom is -0.452 e. The van der Waals surface area contributed by atoms with Crippen molar-refractivity contribution < 1.29 is 18.7 Å². The maximum Gasteiger partial charge on any atom is 0.331 e. The van der Waals surface area contributed by atoms with Crippen molar-refractivity contribution in [3.8, 4) is 0 Å². The molecule has 2 aromatic carbocycles. The van der Waals surface area contributed by atoms with E-state index < -0.39 is 24.3 Å². The average molecular weight is 355 g/mol. The van der Waals surface area contributed by atoms with Crippen LogP contribution in [-0.2, 0) is 14.3 Å². The predicted octanol–water partition coefficient (Wildman–Crippen LogP) is 3.88. The van der Waals surface area contributed by atoms with Crippen molar-refractivity contribution in [3.05, 3.63) is 76.6 Å². The van der Waals surface area contributed by atoms with Crippen LogP contribution in [0.3, 0.4) is 0 Å². The van der Waals surface area contributed by atoms with Crippen LogP contribution in [0.5, 0.6) is 0 Å².